The number of halogens is 4. The van der Waals surface area contributed by atoms with Gasteiger partial charge in [-0.1, -0.05) is 0 Å². The van der Waals surface area contributed by atoms with Crippen molar-refractivity contribution >= 4 is 22.1 Å². The lowest BCUT2D eigenvalue weighted by Gasteiger charge is -1.99. The molecule has 154 valence electrons. The van der Waals surface area contributed by atoms with E-state index in [4.69, 9.17) is 0 Å². The van der Waals surface area contributed by atoms with Crippen LogP contribution in [-0.2, 0) is 0 Å². The molecule has 4 nitrogen and oxygen atoms in total. The molecule has 0 aliphatic carbocycles. The Morgan fingerprint density at radius 1 is 0.400 bits per heavy atom. The third-order valence-corrected chi connectivity index (χ3v) is 4.06. The monoisotopic (exact) mass is 414 g/mol. The Kier molecular flexibility index (Phi) is 6.05. The van der Waals surface area contributed by atoms with Gasteiger partial charge in [-0.15, -0.1) is 0 Å². The topological polar surface area (TPSA) is 51.6 Å². The summed E-state index contributed by atoms with van der Waals surface area (Å²) in [6, 6.07) is 7.00. The maximum absolute atomic E-state index is 13.8. The zero-order chi connectivity index (χ0) is 22.0. The maximum atomic E-state index is 13.8. The summed E-state index contributed by atoms with van der Waals surface area (Å²) in [6.07, 6.45) is 0. The van der Waals surface area contributed by atoms with E-state index in [1.54, 1.807) is 39.8 Å². The summed E-state index contributed by atoms with van der Waals surface area (Å²) in [5, 5.41) is 0. The van der Waals surface area contributed by atoms with Gasteiger partial charge in [-0.05, 0) is 39.8 Å². The van der Waals surface area contributed by atoms with Gasteiger partial charge in [-0.25, -0.2) is 17.6 Å². The van der Waals surface area contributed by atoms with E-state index in [2.05, 4.69) is 19.9 Å². The van der Waals surface area contributed by atoms with Crippen LogP contribution in [0.1, 0.15) is 22.8 Å². The molecule has 0 amide bonds. The fourth-order valence-corrected chi connectivity index (χ4v) is 2.90. The van der Waals surface area contributed by atoms with Crippen LogP contribution in [0.2, 0.25) is 0 Å². The third-order valence-electron chi connectivity index (χ3n) is 4.06. The van der Waals surface area contributed by atoms with Crippen molar-refractivity contribution in [2.45, 2.75) is 27.7 Å². The number of hydrogen-bond donors (Lipinski definition) is 0. The van der Waals surface area contributed by atoms with Crippen molar-refractivity contribution in [1.82, 2.24) is 19.9 Å². The largest absolute Gasteiger partial charge is 0.251 e. The van der Waals surface area contributed by atoms with Crippen molar-refractivity contribution in [2.75, 3.05) is 0 Å². The Labute approximate surface area is 170 Å². The first-order chi connectivity index (χ1) is 14.1. The predicted molar refractivity (Wildman–Crippen MR) is 107 cm³/mol. The minimum absolute atomic E-state index is 0.142. The quantitative estimate of drug-likeness (QED) is 0.449. The van der Waals surface area contributed by atoms with Gasteiger partial charge in [0.05, 0.1) is 22.1 Å². The van der Waals surface area contributed by atoms with Gasteiger partial charge >= 0.3 is 0 Å². The lowest BCUT2D eigenvalue weighted by Crippen LogP contribution is -1.91. The molecule has 0 fully saturated rings. The van der Waals surface area contributed by atoms with E-state index < -0.39 is 23.3 Å². The molecule has 8 heteroatoms. The molecule has 0 saturated heterocycles. The van der Waals surface area contributed by atoms with Gasteiger partial charge in [0, 0.05) is 47.0 Å². The Morgan fingerprint density at radius 3 is 0.800 bits per heavy atom. The van der Waals surface area contributed by atoms with Crippen LogP contribution in [0.4, 0.5) is 17.6 Å². The smallest absolute Gasteiger partial charge is 0.161 e. The Bertz CT molecular complexity index is 1090. The first-order valence-electron chi connectivity index (χ1n) is 9.01. The average Bonchev–Trinajstić information content (AvgIpc) is 2.62. The van der Waals surface area contributed by atoms with Gasteiger partial charge < -0.3 is 0 Å². The van der Waals surface area contributed by atoms with Crippen molar-refractivity contribution < 1.29 is 17.6 Å². The summed E-state index contributed by atoms with van der Waals surface area (Å²) in [6.45, 7) is 6.58. The highest BCUT2D eigenvalue weighted by molar-refractivity contribution is 5.74. The van der Waals surface area contributed by atoms with Gasteiger partial charge in [0.15, 0.2) is 23.3 Å². The van der Waals surface area contributed by atoms with Gasteiger partial charge in [0.25, 0.3) is 0 Å². The molecule has 0 radical (unpaired) electrons. The SMILES string of the molecule is Cc1cc(C)nc2cc(F)c(F)cc2nc(C)cc(C)nc2cc(F)c(F)cc2n1. The lowest BCUT2D eigenvalue weighted by molar-refractivity contribution is 0.510. The molecule has 0 aliphatic rings. The normalized spacial score (nSPS) is 10.7. The van der Waals surface area contributed by atoms with Crippen molar-refractivity contribution in [3.05, 3.63) is 82.4 Å². The van der Waals surface area contributed by atoms with E-state index in [0.29, 0.717) is 22.8 Å². The summed E-state index contributed by atoms with van der Waals surface area (Å²) in [5.74, 6) is -4.17. The van der Waals surface area contributed by atoms with Gasteiger partial charge in [0.2, 0.25) is 0 Å². The molecular weight excluding hydrogens is 396 g/mol. The molecule has 0 N–H and O–H groups in total. The molecule has 0 aliphatic heterocycles. The van der Waals surface area contributed by atoms with Crippen LogP contribution in [0, 0.1) is 51.0 Å². The summed E-state index contributed by atoms with van der Waals surface area (Å²) < 4.78 is 55.1. The molecule has 30 heavy (non-hydrogen) atoms. The number of fused-ring (bicyclic) bond motifs is 2. The van der Waals surface area contributed by atoms with Crippen molar-refractivity contribution in [3.8, 4) is 0 Å². The van der Waals surface area contributed by atoms with Crippen LogP contribution >= 0.6 is 0 Å². The highest BCUT2D eigenvalue weighted by Crippen LogP contribution is 2.16. The molecule has 0 spiro atoms. The number of aromatic nitrogens is 4. The summed E-state index contributed by atoms with van der Waals surface area (Å²) in [5.41, 5.74) is 2.29. The molecule has 2 aromatic carbocycles. The fraction of sp³-hybridized carbons (Fsp3) is 0.182. The predicted octanol–water partition coefficient (Wildman–Crippen LogP) is 5.61. The number of nitrogens with zero attached hydrogens (tertiary/aromatic N) is 4. The standard InChI is InChI=1S/C22H18F4N4/c1-11-5-12(2)28-21-9-17(25)18(26)10-22(21)30-14(4)6-13(3)29-20-8-16(24)15(23)7-19(20)27-11/h5-10H,1-4H3. The van der Waals surface area contributed by atoms with E-state index in [0.717, 1.165) is 24.3 Å². The van der Waals surface area contributed by atoms with Gasteiger partial charge in [0.1, 0.15) is 0 Å². The molecule has 0 saturated carbocycles. The minimum atomic E-state index is -1.04. The zero-order valence-electron chi connectivity index (χ0n) is 16.8. The van der Waals surface area contributed by atoms with Crippen LogP contribution in [0.25, 0.3) is 22.1 Å². The summed E-state index contributed by atoms with van der Waals surface area (Å²) in [7, 11) is 0. The van der Waals surface area contributed by atoms with E-state index in [1.165, 1.54) is 0 Å². The second-order valence-corrected chi connectivity index (χ2v) is 6.81. The van der Waals surface area contributed by atoms with Crippen LogP contribution in [0.5, 0.6) is 0 Å². The second-order valence-electron chi connectivity index (χ2n) is 6.81. The Hall–Kier alpha value is -3.42. The molecule has 0 bridgehead atoms. The number of hydrogen-bond acceptors (Lipinski definition) is 4. The van der Waals surface area contributed by atoms with Crippen molar-refractivity contribution in [3.63, 3.8) is 0 Å². The first kappa shape index (κ1) is 21.3. The van der Waals surface area contributed by atoms with Crippen LogP contribution in [-0.4, -0.2) is 19.9 Å². The third kappa shape index (κ3) is 4.94. The summed E-state index contributed by atoms with van der Waals surface area (Å²) in [4.78, 5) is 17.2. The van der Waals surface area contributed by atoms with E-state index in [1.807, 2.05) is 0 Å². The molecule has 0 atom stereocenters. The summed E-state index contributed by atoms with van der Waals surface area (Å²) >= 11 is 0. The minimum Gasteiger partial charge on any atom is -0.251 e. The number of benzene rings is 2. The molecule has 3 aromatic rings. The van der Waals surface area contributed by atoms with Crippen molar-refractivity contribution in [1.29, 1.82) is 0 Å². The molecule has 1 aromatic heterocycles. The Morgan fingerprint density at radius 2 is 0.600 bits per heavy atom. The fourth-order valence-electron chi connectivity index (χ4n) is 2.90. The first-order valence-corrected chi connectivity index (χ1v) is 9.01. The number of rotatable bonds is 0. The average molecular weight is 414 g/mol. The Balaban J connectivity index is 2.53. The van der Waals surface area contributed by atoms with Crippen LogP contribution in [0.3, 0.4) is 0 Å². The number of aryl methyl sites for hydroxylation is 4. The maximum Gasteiger partial charge on any atom is 0.161 e. The van der Waals surface area contributed by atoms with Crippen molar-refractivity contribution in [2.24, 2.45) is 0 Å². The van der Waals surface area contributed by atoms with E-state index >= 15 is 0 Å². The van der Waals surface area contributed by atoms with Gasteiger partial charge in [-0.3, -0.25) is 19.9 Å². The molecule has 1 heterocycles. The molecular formula is C22H18F4N4. The van der Waals surface area contributed by atoms with Crippen LogP contribution in [0.15, 0.2) is 36.4 Å². The molecule has 3 rings (SSSR count). The van der Waals surface area contributed by atoms with Gasteiger partial charge in [-0.2, -0.15) is 0 Å². The molecule has 0 unspecified atom stereocenters. The lowest BCUT2D eigenvalue weighted by atomic mass is 10.2. The zero-order valence-corrected chi connectivity index (χ0v) is 16.8. The highest BCUT2D eigenvalue weighted by Gasteiger charge is 2.06. The highest BCUT2D eigenvalue weighted by atomic mass is 19.2. The van der Waals surface area contributed by atoms with Crippen LogP contribution < -0.4 is 0 Å². The van der Waals surface area contributed by atoms with E-state index in [-0.39, 0.29) is 22.1 Å². The second kappa shape index (κ2) is 8.52. The van der Waals surface area contributed by atoms with E-state index in [9.17, 15) is 17.6 Å².